The van der Waals surface area contributed by atoms with E-state index in [0.29, 0.717) is 0 Å². The van der Waals surface area contributed by atoms with Crippen molar-refractivity contribution in [2.45, 2.75) is 4.90 Å². The Morgan fingerprint density at radius 1 is 1.07 bits per heavy atom. The van der Waals surface area contributed by atoms with Crippen molar-refractivity contribution in [2.75, 3.05) is 31.6 Å². The molecule has 3 aromatic rings. The van der Waals surface area contributed by atoms with Gasteiger partial charge in [0.1, 0.15) is 10.7 Å². The number of anilines is 1. The molecule has 2 aromatic carbocycles. The summed E-state index contributed by atoms with van der Waals surface area (Å²) in [5.41, 5.74) is 1.08. The van der Waals surface area contributed by atoms with E-state index < -0.39 is 26.6 Å². The van der Waals surface area contributed by atoms with Gasteiger partial charge in [-0.3, -0.25) is 4.79 Å². The summed E-state index contributed by atoms with van der Waals surface area (Å²) < 4.78 is 47.7. The predicted octanol–water partition coefficient (Wildman–Crippen LogP) is 2.28. The first-order chi connectivity index (χ1) is 14.4. The third kappa shape index (κ3) is 4.11. The molecule has 1 fully saturated rings. The molecule has 0 unspecified atom stereocenters. The number of hydrogen-bond donors (Lipinski definition) is 1. The van der Waals surface area contributed by atoms with Crippen LogP contribution in [0.4, 0.5) is 10.1 Å². The fourth-order valence-corrected chi connectivity index (χ4v) is 4.57. The quantitative estimate of drug-likeness (QED) is 0.670. The van der Waals surface area contributed by atoms with Gasteiger partial charge < -0.3 is 10.1 Å². The van der Waals surface area contributed by atoms with Crippen LogP contribution in [0, 0.1) is 5.82 Å². The highest BCUT2D eigenvalue weighted by molar-refractivity contribution is 7.89. The molecule has 0 aliphatic carbocycles. The van der Waals surface area contributed by atoms with Crippen molar-refractivity contribution in [1.82, 2.24) is 14.1 Å². The average molecular weight is 430 g/mol. The maximum Gasteiger partial charge on any atom is 0.276 e. The molecular formula is C20H19FN4O4S. The van der Waals surface area contributed by atoms with Crippen LogP contribution in [0.5, 0.6) is 0 Å². The number of nitrogens with one attached hydrogen (secondary N) is 1. The number of para-hydroxylation sites is 1. The fraction of sp³-hybridized carbons (Fsp3) is 0.200. The number of morpholine rings is 1. The summed E-state index contributed by atoms with van der Waals surface area (Å²) in [5.74, 6) is -1.42. The number of benzene rings is 2. The molecule has 2 heterocycles. The minimum Gasteiger partial charge on any atom is -0.379 e. The molecule has 1 amide bonds. The number of nitrogens with zero attached hydrogens (tertiary/aromatic N) is 3. The first kappa shape index (κ1) is 20.2. The molecule has 1 saturated heterocycles. The molecule has 1 aliphatic rings. The summed E-state index contributed by atoms with van der Waals surface area (Å²) in [7, 11) is -4.04. The van der Waals surface area contributed by atoms with Gasteiger partial charge in [0.25, 0.3) is 5.91 Å². The normalized spacial score (nSPS) is 15.1. The van der Waals surface area contributed by atoms with Gasteiger partial charge in [0, 0.05) is 25.0 Å². The average Bonchev–Trinajstić information content (AvgIpc) is 3.27. The second-order valence-electron chi connectivity index (χ2n) is 6.60. The summed E-state index contributed by atoms with van der Waals surface area (Å²) in [6.45, 7) is 0.799. The maximum absolute atomic E-state index is 14.3. The zero-order valence-corrected chi connectivity index (χ0v) is 16.7. The number of sulfonamides is 1. The zero-order valence-electron chi connectivity index (χ0n) is 15.9. The van der Waals surface area contributed by atoms with Gasteiger partial charge in [-0.05, 0) is 36.4 Å². The third-order valence-electron chi connectivity index (χ3n) is 4.62. The molecule has 0 saturated carbocycles. The molecule has 0 bridgehead atoms. The van der Waals surface area contributed by atoms with Crippen LogP contribution < -0.4 is 5.32 Å². The Labute approximate surface area is 172 Å². The standard InChI is InChI=1S/C20H19FN4O4S/c21-17-7-6-15(14-19(17)30(27,28)24-10-12-29-13-11-24)22-20(26)18-8-9-25(23-18)16-4-2-1-3-5-16/h1-9,14H,10-13H2,(H,22,26). The number of carbonyl (C=O) groups is 1. The van der Waals surface area contributed by atoms with E-state index in [1.807, 2.05) is 30.3 Å². The van der Waals surface area contributed by atoms with Gasteiger partial charge in [0.2, 0.25) is 10.0 Å². The van der Waals surface area contributed by atoms with E-state index in [9.17, 15) is 17.6 Å². The largest absolute Gasteiger partial charge is 0.379 e. The van der Waals surface area contributed by atoms with Crippen molar-refractivity contribution < 1.29 is 22.3 Å². The number of ether oxygens (including phenoxy) is 1. The Hall–Kier alpha value is -3.08. The minimum atomic E-state index is -4.04. The van der Waals surface area contributed by atoms with Crippen molar-refractivity contribution >= 4 is 21.6 Å². The van der Waals surface area contributed by atoms with Crippen LogP contribution in [0.25, 0.3) is 5.69 Å². The Morgan fingerprint density at radius 3 is 2.53 bits per heavy atom. The molecule has 4 rings (SSSR count). The SMILES string of the molecule is O=C(Nc1ccc(F)c(S(=O)(=O)N2CCOCC2)c1)c1ccn(-c2ccccc2)n1. The lowest BCUT2D eigenvalue weighted by molar-refractivity contribution is 0.0729. The van der Waals surface area contributed by atoms with E-state index in [1.54, 1.807) is 10.9 Å². The van der Waals surface area contributed by atoms with Crippen molar-refractivity contribution in [3.05, 3.63) is 72.3 Å². The van der Waals surface area contributed by atoms with Gasteiger partial charge in [-0.1, -0.05) is 18.2 Å². The zero-order chi connectivity index (χ0) is 21.1. The van der Waals surface area contributed by atoms with E-state index in [4.69, 9.17) is 4.74 Å². The topological polar surface area (TPSA) is 93.5 Å². The predicted molar refractivity (Wildman–Crippen MR) is 107 cm³/mol. The van der Waals surface area contributed by atoms with Crippen LogP contribution in [0.2, 0.25) is 0 Å². The van der Waals surface area contributed by atoms with Crippen LogP contribution >= 0.6 is 0 Å². The molecule has 0 atom stereocenters. The third-order valence-corrected chi connectivity index (χ3v) is 6.53. The monoisotopic (exact) mass is 430 g/mol. The summed E-state index contributed by atoms with van der Waals surface area (Å²) in [6, 6.07) is 14.2. The first-order valence-electron chi connectivity index (χ1n) is 9.25. The Balaban J connectivity index is 1.55. The lowest BCUT2D eigenvalue weighted by Gasteiger charge is -2.26. The van der Waals surface area contributed by atoms with Crippen molar-refractivity contribution in [3.63, 3.8) is 0 Å². The summed E-state index contributed by atoms with van der Waals surface area (Å²) in [6.07, 6.45) is 1.64. The molecule has 1 aromatic heterocycles. The van der Waals surface area contributed by atoms with E-state index in [1.165, 1.54) is 16.4 Å². The molecule has 10 heteroatoms. The number of hydrogen-bond acceptors (Lipinski definition) is 5. The van der Waals surface area contributed by atoms with Gasteiger partial charge in [-0.2, -0.15) is 9.40 Å². The highest BCUT2D eigenvalue weighted by Gasteiger charge is 2.29. The van der Waals surface area contributed by atoms with Crippen molar-refractivity contribution in [3.8, 4) is 5.69 Å². The lowest BCUT2D eigenvalue weighted by Crippen LogP contribution is -2.40. The molecular weight excluding hydrogens is 411 g/mol. The number of rotatable bonds is 5. The Morgan fingerprint density at radius 2 is 1.80 bits per heavy atom. The summed E-state index contributed by atoms with van der Waals surface area (Å²) >= 11 is 0. The van der Waals surface area contributed by atoms with Crippen LogP contribution in [-0.4, -0.2) is 54.7 Å². The number of amides is 1. The molecule has 1 aliphatic heterocycles. The molecule has 1 N–H and O–H groups in total. The molecule has 8 nitrogen and oxygen atoms in total. The Kier molecular flexibility index (Phi) is 5.62. The minimum absolute atomic E-state index is 0.140. The van der Waals surface area contributed by atoms with Gasteiger partial charge in [-0.25, -0.2) is 17.5 Å². The Bertz CT molecular complexity index is 1160. The van der Waals surface area contributed by atoms with Crippen LogP contribution in [0.3, 0.4) is 0 Å². The van der Waals surface area contributed by atoms with E-state index in [0.717, 1.165) is 17.8 Å². The van der Waals surface area contributed by atoms with E-state index in [2.05, 4.69) is 10.4 Å². The van der Waals surface area contributed by atoms with Gasteiger partial charge in [0.05, 0.1) is 18.9 Å². The summed E-state index contributed by atoms with van der Waals surface area (Å²) in [4.78, 5) is 12.1. The molecule has 0 spiro atoms. The van der Waals surface area contributed by atoms with E-state index in [-0.39, 0.29) is 37.7 Å². The van der Waals surface area contributed by atoms with Crippen LogP contribution in [0.1, 0.15) is 10.5 Å². The van der Waals surface area contributed by atoms with Gasteiger partial charge in [0.15, 0.2) is 5.69 Å². The smallest absolute Gasteiger partial charge is 0.276 e. The lowest BCUT2D eigenvalue weighted by atomic mass is 10.3. The fourth-order valence-electron chi connectivity index (χ4n) is 3.07. The second kappa shape index (κ2) is 8.34. The van der Waals surface area contributed by atoms with Gasteiger partial charge in [-0.15, -0.1) is 0 Å². The van der Waals surface area contributed by atoms with Crippen LogP contribution in [-0.2, 0) is 14.8 Å². The van der Waals surface area contributed by atoms with Crippen LogP contribution in [0.15, 0.2) is 65.7 Å². The first-order valence-corrected chi connectivity index (χ1v) is 10.7. The second-order valence-corrected chi connectivity index (χ2v) is 8.50. The van der Waals surface area contributed by atoms with Crippen molar-refractivity contribution in [1.29, 1.82) is 0 Å². The highest BCUT2D eigenvalue weighted by Crippen LogP contribution is 2.24. The highest BCUT2D eigenvalue weighted by atomic mass is 32.2. The van der Waals surface area contributed by atoms with Gasteiger partial charge >= 0.3 is 0 Å². The molecule has 30 heavy (non-hydrogen) atoms. The summed E-state index contributed by atoms with van der Waals surface area (Å²) in [5, 5.41) is 6.81. The molecule has 156 valence electrons. The number of halogens is 1. The number of aromatic nitrogens is 2. The molecule has 0 radical (unpaired) electrons. The number of carbonyl (C=O) groups excluding carboxylic acids is 1. The van der Waals surface area contributed by atoms with Crippen molar-refractivity contribution in [2.24, 2.45) is 0 Å². The van der Waals surface area contributed by atoms with E-state index >= 15 is 0 Å². The maximum atomic E-state index is 14.3.